The Bertz CT molecular complexity index is 863. The molecule has 2 aromatic rings. The van der Waals surface area contributed by atoms with Gasteiger partial charge in [0.25, 0.3) is 0 Å². The third-order valence-corrected chi connectivity index (χ3v) is 4.91. The summed E-state index contributed by atoms with van der Waals surface area (Å²) in [7, 11) is 1.69. The zero-order valence-electron chi connectivity index (χ0n) is 15.3. The van der Waals surface area contributed by atoms with Crippen LogP contribution in [-0.2, 0) is 4.79 Å². The quantitative estimate of drug-likeness (QED) is 0.753. The van der Waals surface area contributed by atoms with Gasteiger partial charge in [-0.05, 0) is 24.0 Å². The summed E-state index contributed by atoms with van der Waals surface area (Å²) in [6.45, 7) is 2.63. The van der Waals surface area contributed by atoms with E-state index in [-0.39, 0.29) is 11.8 Å². The van der Waals surface area contributed by atoms with E-state index in [9.17, 15) is 18.0 Å². The van der Waals surface area contributed by atoms with E-state index in [1.54, 1.807) is 19.5 Å². The fourth-order valence-electron chi connectivity index (χ4n) is 3.88. The number of pyridine rings is 1. The van der Waals surface area contributed by atoms with Crippen LogP contribution in [0.25, 0.3) is 10.9 Å². The van der Waals surface area contributed by atoms with E-state index in [4.69, 9.17) is 0 Å². The lowest BCUT2D eigenvalue weighted by Gasteiger charge is -2.37. The summed E-state index contributed by atoms with van der Waals surface area (Å²) >= 11 is 0. The van der Waals surface area contributed by atoms with Gasteiger partial charge in [-0.3, -0.25) is 14.8 Å². The molecule has 1 aromatic heterocycles. The summed E-state index contributed by atoms with van der Waals surface area (Å²) < 4.78 is 37.9. The molecule has 0 N–H and O–H groups in total. The van der Waals surface area contributed by atoms with Crippen molar-refractivity contribution in [2.75, 3.05) is 20.1 Å². The molecule has 27 heavy (non-hydrogen) atoms. The third kappa shape index (κ3) is 4.46. The second-order valence-electron chi connectivity index (χ2n) is 7.16. The van der Waals surface area contributed by atoms with E-state index in [2.05, 4.69) is 9.98 Å². The lowest BCUT2D eigenvalue weighted by molar-refractivity contribution is -0.162. The van der Waals surface area contributed by atoms with Crippen LogP contribution >= 0.6 is 0 Å². The highest BCUT2D eigenvalue weighted by molar-refractivity contribution is 5.99. The molecule has 3 rings (SSSR count). The SMILES string of the molecule is C/N=C/c1ccc([C@@H]2CC(C)CN(C(=O)CC(F)(F)F)C2)c2cccnc12. The molecule has 1 amide bonds. The van der Waals surface area contributed by atoms with E-state index in [0.717, 1.165) is 28.5 Å². The minimum absolute atomic E-state index is 0.0229. The minimum atomic E-state index is -4.48. The van der Waals surface area contributed by atoms with Gasteiger partial charge in [-0.1, -0.05) is 25.1 Å². The average molecular weight is 377 g/mol. The maximum Gasteiger partial charge on any atom is 0.397 e. The number of halogens is 3. The Hall–Kier alpha value is -2.44. The largest absolute Gasteiger partial charge is 0.397 e. The first-order chi connectivity index (χ1) is 12.8. The van der Waals surface area contributed by atoms with E-state index < -0.39 is 18.5 Å². The number of alkyl halides is 3. The second kappa shape index (κ2) is 7.66. The summed E-state index contributed by atoms with van der Waals surface area (Å²) in [4.78, 5) is 22.0. The number of rotatable bonds is 3. The van der Waals surface area contributed by atoms with E-state index in [1.807, 2.05) is 31.2 Å². The topological polar surface area (TPSA) is 45.6 Å². The molecule has 0 bridgehead atoms. The number of carbonyl (C=O) groups is 1. The van der Waals surface area contributed by atoms with Crippen molar-refractivity contribution in [1.29, 1.82) is 0 Å². The highest BCUT2D eigenvalue weighted by Crippen LogP contribution is 2.35. The van der Waals surface area contributed by atoms with E-state index in [1.165, 1.54) is 4.90 Å². The number of nitrogens with zero attached hydrogens (tertiary/aromatic N) is 3. The molecule has 1 saturated heterocycles. The molecular weight excluding hydrogens is 355 g/mol. The number of amides is 1. The first kappa shape index (κ1) is 19.3. The molecule has 7 heteroatoms. The van der Waals surface area contributed by atoms with E-state index in [0.29, 0.717) is 13.1 Å². The van der Waals surface area contributed by atoms with Gasteiger partial charge in [-0.2, -0.15) is 13.2 Å². The van der Waals surface area contributed by atoms with Crippen molar-refractivity contribution in [3.63, 3.8) is 0 Å². The fourth-order valence-corrected chi connectivity index (χ4v) is 3.88. The molecule has 1 aliphatic heterocycles. The zero-order valence-corrected chi connectivity index (χ0v) is 15.3. The fraction of sp³-hybridized carbons (Fsp3) is 0.450. The molecule has 0 aliphatic carbocycles. The molecule has 0 saturated carbocycles. The molecule has 2 atom stereocenters. The molecular formula is C20H22F3N3O. The second-order valence-corrected chi connectivity index (χ2v) is 7.16. The zero-order chi connectivity index (χ0) is 19.6. The number of carbonyl (C=O) groups excluding carboxylic acids is 1. The Kier molecular flexibility index (Phi) is 5.48. The van der Waals surface area contributed by atoms with Crippen LogP contribution in [0.15, 0.2) is 35.5 Å². The summed E-state index contributed by atoms with van der Waals surface area (Å²) in [5, 5.41) is 0.956. The highest BCUT2D eigenvalue weighted by atomic mass is 19.4. The summed E-state index contributed by atoms with van der Waals surface area (Å²) in [5.74, 6) is -0.744. The van der Waals surface area contributed by atoms with Gasteiger partial charge in [0.2, 0.25) is 5.91 Å². The maximum absolute atomic E-state index is 12.6. The number of hydrogen-bond acceptors (Lipinski definition) is 3. The van der Waals surface area contributed by atoms with Crippen molar-refractivity contribution in [3.8, 4) is 0 Å². The van der Waals surface area contributed by atoms with Crippen LogP contribution in [0.3, 0.4) is 0 Å². The predicted molar refractivity (Wildman–Crippen MR) is 99.0 cm³/mol. The number of aromatic nitrogens is 1. The third-order valence-electron chi connectivity index (χ3n) is 4.91. The van der Waals surface area contributed by atoms with Crippen molar-refractivity contribution in [2.24, 2.45) is 10.9 Å². The van der Waals surface area contributed by atoms with Crippen molar-refractivity contribution < 1.29 is 18.0 Å². The number of likely N-dealkylation sites (tertiary alicyclic amines) is 1. The van der Waals surface area contributed by atoms with Gasteiger partial charge < -0.3 is 4.90 Å². The normalized spacial score (nSPS) is 21.1. The predicted octanol–water partition coefficient (Wildman–Crippen LogP) is 4.19. The van der Waals surface area contributed by atoms with Crippen LogP contribution < -0.4 is 0 Å². The van der Waals surface area contributed by atoms with Gasteiger partial charge in [0.15, 0.2) is 0 Å². The van der Waals surface area contributed by atoms with Gasteiger partial charge >= 0.3 is 6.18 Å². The Morgan fingerprint density at radius 2 is 2.11 bits per heavy atom. The number of benzene rings is 1. The summed E-state index contributed by atoms with van der Waals surface area (Å²) in [6.07, 6.45) is -1.61. The first-order valence-corrected chi connectivity index (χ1v) is 8.93. The molecule has 1 aromatic carbocycles. The minimum Gasteiger partial charge on any atom is -0.342 e. The highest BCUT2D eigenvalue weighted by Gasteiger charge is 2.36. The van der Waals surface area contributed by atoms with Crippen LogP contribution in [0.2, 0.25) is 0 Å². The monoisotopic (exact) mass is 377 g/mol. The Morgan fingerprint density at radius 3 is 2.81 bits per heavy atom. The van der Waals surface area contributed by atoms with Crippen molar-refractivity contribution in [1.82, 2.24) is 9.88 Å². The number of piperidine rings is 1. The number of aliphatic imine (C=N–C) groups is 1. The molecule has 0 spiro atoms. The molecule has 1 fully saturated rings. The first-order valence-electron chi connectivity index (χ1n) is 8.93. The smallest absolute Gasteiger partial charge is 0.342 e. The molecule has 144 valence electrons. The molecule has 4 nitrogen and oxygen atoms in total. The van der Waals surface area contributed by atoms with Crippen LogP contribution in [0.5, 0.6) is 0 Å². The van der Waals surface area contributed by atoms with Gasteiger partial charge in [0.05, 0.1) is 5.52 Å². The van der Waals surface area contributed by atoms with Crippen LogP contribution in [-0.4, -0.2) is 48.3 Å². The number of fused-ring (bicyclic) bond motifs is 1. The van der Waals surface area contributed by atoms with Crippen LogP contribution in [0.1, 0.15) is 36.8 Å². The van der Waals surface area contributed by atoms with Crippen molar-refractivity contribution in [2.45, 2.75) is 31.9 Å². The van der Waals surface area contributed by atoms with Gasteiger partial charge in [0, 0.05) is 49.4 Å². The molecule has 1 aliphatic rings. The van der Waals surface area contributed by atoms with E-state index >= 15 is 0 Å². The van der Waals surface area contributed by atoms with Crippen molar-refractivity contribution in [3.05, 3.63) is 41.6 Å². The maximum atomic E-state index is 12.6. The Labute approximate surface area is 156 Å². The van der Waals surface area contributed by atoms with Gasteiger partial charge in [-0.15, -0.1) is 0 Å². The molecule has 0 radical (unpaired) electrons. The lowest BCUT2D eigenvalue weighted by Crippen LogP contribution is -2.43. The summed E-state index contributed by atoms with van der Waals surface area (Å²) in [6, 6.07) is 7.72. The van der Waals surface area contributed by atoms with Gasteiger partial charge in [0.1, 0.15) is 6.42 Å². The molecule has 1 unspecified atom stereocenters. The van der Waals surface area contributed by atoms with Crippen LogP contribution in [0, 0.1) is 5.92 Å². The Balaban J connectivity index is 1.94. The van der Waals surface area contributed by atoms with Crippen LogP contribution in [0.4, 0.5) is 13.2 Å². The molecule has 2 heterocycles. The lowest BCUT2D eigenvalue weighted by atomic mass is 9.83. The average Bonchev–Trinajstić information content (AvgIpc) is 2.60. The van der Waals surface area contributed by atoms with Gasteiger partial charge in [-0.25, -0.2) is 0 Å². The Morgan fingerprint density at radius 1 is 1.33 bits per heavy atom. The van der Waals surface area contributed by atoms with Crippen molar-refractivity contribution >= 4 is 23.0 Å². The standard InChI is InChI=1S/C20H22F3N3O/c1-13-8-15(12-26(11-13)18(27)9-20(21,22)23)16-6-5-14(10-24-2)19-17(16)4-3-7-25-19/h3-7,10,13,15H,8-9,11-12H2,1-2H3/b24-10+/t13?,15-/m1/s1. The number of hydrogen-bond donors (Lipinski definition) is 0. The summed E-state index contributed by atoms with van der Waals surface area (Å²) in [5.41, 5.74) is 2.72.